The Kier molecular flexibility index (Phi) is 8.79. The molecule has 0 saturated heterocycles. The fourth-order valence-corrected chi connectivity index (χ4v) is 6.23. The fraction of sp³-hybridized carbons (Fsp3) is 0.216. The number of hydrogen-bond donors (Lipinski definition) is 3. The van der Waals surface area contributed by atoms with Gasteiger partial charge in [-0.1, -0.05) is 51.1 Å². The predicted molar refractivity (Wildman–Crippen MR) is 194 cm³/mol. The highest BCUT2D eigenvalue weighted by atomic mass is 32.2. The van der Waals surface area contributed by atoms with Gasteiger partial charge in [-0.2, -0.15) is 10.1 Å². The summed E-state index contributed by atoms with van der Waals surface area (Å²) in [4.78, 5) is 28.0. The Labute approximate surface area is 288 Å². The smallest absolute Gasteiger partial charge is 0.324 e. The number of urea groups is 1. The molecule has 2 amide bonds. The maximum absolute atomic E-state index is 13.5. The Hall–Kier alpha value is -5.62. The van der Waals surface area contributed by atoms with Gasteiger partial charge >= 0.3 is 6.03 Å². The number of carbonyl (C=O) groups excluding carboxylic acids is 1. The number of benzene rings is 3. The second-order valence-corrected chi connectivity index (χ2v) is 14.0. The van der Waals surface area contributed by atoms with E-state index in [9.17, 15) is 4.79 Å². The molecule has 0 atom stereocenters. The van der Waals surface area contributed by atoms with Crippen LogP contribution in [0.5, 0.6) is 17.5 Å². The van der Waals surface area contributed by atoms with Gasteiger partial charge in [0.05, 0.1) is 30.4 Å². The van der Waals surface area contributed by atoms with Crippen molar-refractivity contribution in [2.24, 2.45) is 0 Å². The molecule has 1 fully saturated rings. The highest BCUT2D eigenvalue weighted by Crippen LogP contribution is 2.40. The summed E-state index contributed by atoms with van der Waals surface area (Å²) >= 11 is 1.90. The summed E-state index contributed by atoms with van der Waals surface area (Å²) in [6.45, 7) is 6.20. The molecule has 1 aliphatic rings. The molecule has 12 heteroatoms. The Morgan fingerprint density at radius 1 is 0.898 bits per heavy atom. The zero-order valence-electron chi connectivity index (χ0n) is 27.6. The van der Waals surface area contributed by atoms with Crippen LogP contribution in [0.1, 0.15) is 39.3 Å². The number of nitrogens with zero attached hydrogens (tertiary/aromatic N) is 5. The third-order valence-corrected chi connectivity index (χ3v) is 9.12. The van der Waals surface area contributed by atoms with Gasteiger partial charge in [0.15, 0.2) is 0 Å². The van der Waals surface area contributed by atoms with Gasteiger partial charge in [-0.15, -0.1) is 11.8 Å². The van der Waals surface area contributed by atoms with Crippen LogP contribution < -0.4 is 25.4 Å². The number of pyridine rings is 1. The summed E-state index contributed by atoms with van der Waals surface area (Å²) in [5, 5.41) is 16.4. The maximum Gasteiger partial charge on any atom is 0.324 e. The second kappa shape index (κ2) is 13.5. The van der Waals surface area contributed by atoms with Crippen LogP contribution in [0.4, 0.5) is 27.9 Å². The summed E-state index contributed by atoms with van der Waals surface area (Å²) in [6, 6.07) is 26.4. The molecule has 49 heavy (non-hydrogen) atoms. The Morgan fingerprint density at radius 2 is 1.73 bits per heavy atom. The summed E-state index contributed by atoms with van der Waals surface area (Å²) in [7, 11) is 1.56. The van der Waals surface area contributed by atoms with Crippen molar-refractivity contribution in [3.05, 3.63) is 103 Å². The highest BCUT2D eigenvalue weighted by molar-refractivity contribution is 8.00. The zero-order valence-corrected chi connectivity index (χ0v) is 28.4. The van der Waals surface area contributed by atoms with Crippen LogP contribution in [0.2, 0.25) is 0 Å². The van der Waals surface area contributed by atoms with Crippen molar-refractivity contribution < 1.29 is 14.3 Å². The molecule has 11 nitrogen and oxygen atoms in total. The lowest BCUT2D eigenvalue weighted by atomic mass is 9.92. The van der Waals surface area contributed by atoms with Crippen LogP contribution in [-0.4, -0.2) is 43.1 Å². The average Bonchev–Trinajstić information content (AvgIpc) is 3.81. The number of ether oxygens (including phenoxy) is 2. The van der Waals surface area contributed by atoms with Crippen LogP contribution >= 0.6 is 11.8 Å². The molecule has 0 bridgehead atoms. The van der Waals surface area contributed by atoms with Gasteiger partial charge in [-0.05, 0) is 49.2 Å². The first-order valence-electron chi connectivity index (χ1n) is 16.0. The SMILES string of the molecule is COc1ccc(-n2nc(C(C)(C)C)cc2NC(=O)Nc2ccc(Oc3ccnc(Nc4cccc(SC5CC5)c4)n3)c3ccccc23)cn1. The van der Waals surface area contributed by atoms with E-state index in [1.54, 1.807) is 36.3 Å². The maximum atomic E-state index is 13.5. The molecule has 248 valence electrons. The van der Waals surface area contributed by atoms with Crippen molar-refractivity contribution in [3.8, 4) is 23.2 Å². The molecule has 0 aliphatic heterocycles. The molecule has 3 aromatic heterocycles. The monoisotopic (exact) mass is 672 g/mol. The van der Waals surface area contributed by atoms with Gasteiger partial charge in [-0.3, -0.25) is 5.32 Å². The summed E-state index contributed by atoms with van der Waals surface area (Å²) in [6.07, 6.45) is 5.86. The molecule has 3 aromatic carbocycles. The number of methoxy groups -OCH3 is 1. The molecule has 7 rings (SSSR count). The number of thioether (sulfide) groups is 1. The first-order valence-corrected chi connectivity index (χ1v) is 16.9. The lowest BCUT2D eigenvalue weighted by Gasteiger charge is -2.14. The van der Waals surface area contributed by atoms with Crippen LogP contribution in [0, 0.1) is 0 Å². The quantitative estimate of drug-likeness (QED) is 0.131. The Balaban J connectivity index is 1.09. The number of carbonyl (C=O) groups is 1. The third kappa shape index (κ3) is 7.60. The van der Waals surface area contributed by atoms with Crippen LogP contribution in [0.15, 0.2) is 102 Å². The van der Waals surface area contributed by atoms with E-state index in [2.05, 4.69) is 63.8 Å². The van der Waals surface area contributed by atoms with Gasteiger partial charge in [-0.25, -0.2) is 19.4 Å². The summed E-state index contributed by atoms with van der Waals surface area (Å²) < 4.78 is 13.1. The number of amides is 2. The number of aromatic nitrogens is 5. The normalized spacial score (nSPS) is 12.8. The second-order valence-electron chi connectivity index (χ2n) is 12.7. The number of hydrogen-bond acceptors (Lipinski definition) is 9. The van der Waals surface area contributed by atoms with Crippen molar-refractivity contribution in [1.29, 1.82) is 0 Å². The molecule has 0 unspecified atom stereocenters. The largest absolute Gasteiger partial charge is 0.481 e. The minimum absolute atomic E-state index is 0.246. The van der Waals surface area contributed by atoms with E-state index in [-0.39, 0.29) is 5.41 Å². The number of rotatable bonds is 10. The van der Waals surface area contributed by atoms with Gasteiger partial charge in [0.1, 0.15) is 11.6 Å². The van der Waals surface area contributed by atoms with Crippen LogP contribution in [0.25, 0.3) is 16.5 Å². The van der Waals surface area contributed by atoms with Crippen LogP contribution in [-0.2, 0) is 5.41 Å². The zero-order chi connectivity index (χ0) is 34.0. The first kappa shape index (κ1) is 32.0. The van der Waals surface area contributed by atoms with E-state index in [0.29, 0.717) is 40.7 Å². The Morgan fingerprint density at radius 3 is 2.49 bits per heavy atom. The number of fused-ring (bicyclic) bond motifs is 1. The third-order valence-electron chi connectivity index (χ3n) is 7.79. The average molecular weight is 673 g/mol. The topological polar surface area (TPSA) is 128 Å². The van der Waals surface area contributed by atoms with Crippen LogP contribution in [0.3, 0.4) is 0 Å². The van der Waals surface area contributed by atoms with E-state index in [0.717, 1.165) is 27.4 Å². The van der Waals surface area contributed by atoms with Crippen molar-refractivity contribution in [3.63, 3.8) is 0 Å². The van der Waals surface area contributed by atoms with Crippen molar-refractivity contribution in [1.82, 2.24) is 24.7 Å². The molecule has 6 aromatic rings. The van der Waals surface area contributed by atoms with Crippen molar-refractivity contribution in [2.75, 3.05) is 23.1 Å². The highest BCUT2D eigenvalue weighted by Gasteiger charge is 2.23. The van der Waals surface area contributed by atoms with Gasteiger partial charge in [0, 0.05) is 56.4 Å². The van der Waals surface area contributed by atoms with Crippen molar-refractivity contribution in [2.45, 2.75) is 49.2 Å². The molecule has 3 N–H and O–H groups in total. The fourth-order valence-electron chi connectivity index (χ4n) is 5.12. The lowest BCUT2D eigenvalue weighted by molar-refractivity contribution is 0.262. The minimum atomic E-state index is -0.423. The van der Waals surface area contributed by atoms with E-state index < -0.39 is 6.03 Å². The molecule has 1 saturated carbocycles. The predicted octanol–water partition coefficient (Wildman–Crippen LogP) is 8.95. The molecule has 0 radical (unpaired) electrons. The van der Waals surface area contributed by atoms with E-state index in [1.807, 2.05) is 72.4 Å². The summed E-state index contributed by atoms with van der Waals surface area (Å²) in [5.41, 5.74) is 2.78. The molecular formula is C37H36N8O3S. The van der Waals surface area contributed by atoms with Gasteiger partial charge in [0.25, 0.3) is 0 Å². The van der Waals surface area contributed by atoms with Crippen molar-refractivity contribution >= 4 is 51.7 Å². The molecule has 0 spiro atoms. The Bertz CT molecular complexity index is 2120. The molecule has 3 heterocycles. The molecule has 1 aliphatic carbocycles. The van der Waals surface area contributed by atoms with Gasteiger partial charge < -0.3 is 20.1 Å². The van der Waals surface area contributed by atoms with E-state index >= 15 is 0 Å². The van der Waals surface area contributed by atoms with E-state index in [4.69, 9.17) is 14.6 Å². The van der Waals surface area contributed by atoms with E-state index in [1.165, 1.54) is 17.7 Å². The number of anilines is 4. The lowest BCUT2D eigenvalue weighted by Crippen LogP contribution is -2.21. The summed E-state index contributed by atoms with van der Waals surface area (Å²) in [5.74, 6) is 2.40. The first-order chi connectivity index (χ1) is 23.7. The molecular weight excluding hydrogens is 637 g/mol. The van der Waals surface area contributed by atoms with Gasteiger partial charge in [0.2, 0.25) is 17.7 Å². The minimum Gasteiger partial charge on any atom is -0.481 e. The standard InChI is InChI=1S/C37H36N8O3S/c1-37(2,3)31-21-32(45(44-31)24-12-17-33(47-4)39-22-24)42-36(46)41-29-15-16-30(28-11-6-5-10-27(28)29)48-34-18-19-38-35(43-34)40-23-8-7-9-26(20-23)49-25-13-14-25/h5-12,15-22,25H,13-14H2,1-4H3,(H,38,40,43)(H2,41,42,46). The number of nitrogens with one attached hydrogen (secondary N) is 3.